The van der Waals surface area contributed by atoms with Crippen LogP contribution in [-0.4, -0.2) is 18.7 Å². The van der Waals surface area contributed by atoms with Crippen LogP contribution in [0.15, 0.2) is 48.7 Å². The van der Waals surface area contributed by atoms with Crippen molar-refractivity contribution in [3.8, 4) is 0 Å². The fraction of sp³-hybridized carbons (Fsp3) is 0.267. The van der Waals surface area contributed by atoms with E-state index in [9.17, 15) is 13.2 Å². The number of hydrogen-bond donors (Lipinski definition) is 1. The maximum atomic E-state index is 12.5. The van der Waals surface area contributed by atoms with E-state index in [1.54, 1.807) is 7.11 Å². The maximum absolute atomic E-state index is 12.5. The van der Waals surface area contributed by atoms with E-state index >= 15 is 0 Å². The van der Waals surface area contributed by atoms with Crippen molar-refractivity contribution in [3.05, 3.63) is 59.9 Å². The zero-order valence-corrected chi connectivity index (χ0v) is 11.4. The zero-order chi connectivity index (χ0) is 15.3. The minimum absolute atomic E-state index is 0.158. The van der Waals surface area contributed by atoms with Crippen LogP contribution in [0.2, 0.25) is 0 Å². The van der Waals surface area contributed by atoms with Gasteiger partial charge >= 0.3 is 6.18 Å². The Hall–Kier alpha value is -2.08. The predicted molar refractivity (Wildman–Crippen MR) is 73.9 cm³/mol. The van der Waals surface area contributed by atoms with Crippen molar-refractivity contribution in [2.45, 2.75) is 12.2 Å². The van der Waals surface area contributed by atoms with Crippen molar-refractivity contribution < 1.29 is 17.9 Å². The molecule has 0 aliphatic heterocycles. The summed E-state index contributed by atoms with van der Waals surface area (Å²) in [7, 11) is 1.57. The number of nitrogens with zero attached hydrogens (tertiary/aromatic N) is 1. The van der Waals surface area contributed by atoms with Gasteiger partial charge in [0.1, 0.15) is 5.69 Å². The highest BCUT2D eigenvalue weighted by molar-refractivity contribution is 5.44. The largest absolute Gasteiger partial charge is 0.433 e. The summed E-state index contributed by atoms with van der Waals surface area (Å²) in [5, 5.41) is 3.12. The first-order valence-electron chi connectivity index (χ1n) is 6.34. The number of alkyl halides is 3. The number of anilines is 1. The lowest BCUT2D eigenvalue weighted by atomic mass is 10.1. The number of pyridine rings is 1. The van der Waals surface area contributed by atoms with Crippen LogP contribution >= 0.6 is 0 Å². The van der Waals surface area contributed by atoms with E-state index in [0.717, 1.165) is 11.6 Å². The van der Waals surface area contributed by atoms with Crippen molar-refractivity contribution in [1.29, 1.82) is 0 Å². The molecule has 0 radical (unpaired) electrons. The Balaban J connectivity index is 2.14. The summed E-state index contributed by atoms with van der Waals surface area (Å²) < 4.78 is 42.5. The molecule has 0 fully saturated rings. The highest BCUT2D eigenvalue weighted by Gasteiger charge is 2.32. The molecule has 1 heterocycles. The average molecular weight is 296 g/mol. The number of ether oxygens (including phenoxy) is 1. The third kappa shape index (κ3) is 4.19. The zero-order valence-electron chi connectivity index (χ0n) is 11.4. The van der Waals surface area contributed by atoms with E-state index in [4.69, 9.17) is 4.74 Å². The number of rotatable bonds is 5. The third-order valence-corrected chi connectivity index (χ3v) is 2.93. The van der Waals surface area contributed by atoms with Gasteiger partial charge in [-0.2, -0.15) is 13.2 Å². The lowest BCUT2D eigenvalue weighted by Gasteiger charge is -2.19. The smallest absolute Gasteiger partial charge is 0.382 e. The molecule has 0 bridgehead atoms. The molecule has 21 heavy (non-hydrogen) atoms. The molecule has 2 rings (SSSR count). The third-order valence-electron chi connectivity index (χ3n) is 2.93. The maximum Gasteiger partial charge on any atom is 0.433 e. The van der Waals surface area contributed by atoms with Gasteiger partial charge in [-0.3, -0.25) is 0 Å². The van der Waals surface area contributed by atoms with Crippen molar-refractivity contribution in [2.75, 3.05) is 19.0 Å². The molecular formula is C15H15F3N2O. The van der Waals surface area contributed by atoms with Gasteiger partial charge in [-0.15, -0.1) is 0 Å². The van der Waals surface area contributed by atoms with Gasteiger partial charge in [-0.25, -0.2) is 4.98 Å². The van der Waals surface area contributed by atoms with E-state index in [0.29, 0.717) is 12.3 Å². The van der Waals surface area contributed by atoms with E-state index in [1.165, 1.54) is 12.3 Å². The van der Waals surface area contributed by atoms with E-state index in [1.807, 2.05) is 30.3 Å². The van der Waals surface area contributed by atoms with E-state index < -0.39 is 11.9 Å². The second kappa shape index (κ2) is 6.58. The summed E-state index contributed by atoms with van der Waals surface area (Å²) in [6.45, 7) is 0.394. The van der Waals surface area contributed by atoms with E-state index in [2.05, 4.69) is 10.3 Å². The monoisotopic (exact) mass is 296 g/mol. The lowest BCUT2D eigenvalue weighted by molar-refractivity contribution is -0.141. The van der Waals surface area contributed by atoms with Crippen molar-refractivity contribution in [3.63, 3.8) is 0 Å². The SMILES string of the molecule is COCC(Nc1ccc(C(F)(F)F)nc1)c1ccccc1. The Morgan fingerprint density at radius 3 is 2.38 bits per heavy atom. The topological polar surface area (TPSA) is 34.1 Å². The van der Waals surface area contributed by atoms with Crippen LogP contribution in [0.25, 0.3) is 0 Å². The number of benzene rings is 1. The molecule has 0 spiro atoms. The highest BCUT2D eigenvalue weighted by atomic mass is 19.4. The van der Waals surface area contributed by atoms with Gasteiger partial charge < -0.3 is 10.1 Å². The Morgan fingerprint density at radius 2 is 1.86 bits per heavy atom. The van der Waals surface area contributed by atoms with E-state index in [-0.39, 0.29) is 6.04 Å². The summed E-state index contributed by atoms with van der Waals surface area (Å²) in [6.07, 6.45) is -3.25. The Labute approximate surface area is 120 Å². The van der Waals surface area contributed by atoms with Gasteiger partial charge in [-0.05, 0) is 17.7 Å². The summed E-state index contributed by atoms with van der Waals surface area (Å²) in [4.78, 5) is 3.43. The number of halogens is 3. The standard InChI is InChI=1S/C15H15F3N2O/c1-21-10-13(11-5-3-2-4-6-11)20-12-7-8-14(19-9-12)15(16,17)18/h2-9,13,20H,10H2,1H3. The summed E-state index contributed by atoms with van der Waals surface area (Å²) in [6, 6.07) is 11.7. The first-order valence-corrected chi connectivity index (χ1v) is 6.34. The van der Waals surface area contributed by atoms with Crippen LogP contribution in [0.5, 0.6) is 0 Å². The van der Waals surface area contributed by atoms with Gasteiger partial charge in [0.25, 0.3) is 0 Å². The second-order valence-corrected chi connectivity index (χ2v) is 4.49. The number of aromatic nitrogens is 1. The highest BCUT2D eigenvalue weighted by Crippen LogP contribution is 2.28. The number of nitrogens with one attached hydrogen (secondary N) is 1. The first kappa shape index (κ1) is 15.3. The fourth-order valence-electron chi connectivity index (χ4n) is 1.92. The predicted octanol–water partition coefficient (Wildman–Crippen LogP) is 3.90. The molecule has 1 atom stereocenters. The number of hydrogen-bond acceptors (Lipinski definition) is 3. The molecular weight excluding hydrogens is 281 g/mol. The van der Waals surface area contributed by atoms with Crippen LogP contribution in [0.4, 0.5) is 18.9 Å². The Kier molecular flexibility index (Phi) is 4.80. The van der Waals surface area contributed by atoms with Crippen LogP contribution in [0.3, 0.4) is 0 Å². The summed E-state index contributed by atoms with van der Waals surface area (Å²) in [5.74, 6) is 0. The molecule has 0 amide bonds. The normalized spacial score (nSPS) is 13.0. The molecule has 1 unspecified atom stereocenters. The molecule has 0 saturated carbocycles. The quantitative estimate of drug-likeness (QED) is 0.908. The Morgan fingerprint density at radius 1 is 1.14 bits per heavy atom. The van der Waals surface area contributed by atoms with Crippen LogP contribution in [0, 0.1) is 0 Å². The van der Waals surface area contributed by atoms with Crippen LogP contribution < -0.4 is 5.32 Å². The molecule has 1 N–H and O–H groups in total. The molecule has 0 aliphatic rings. The molecule has 112 valence electrons. The van der Waals surface area contributed by atoms with Gasteiger partial charge in [-0.1, -0.05) is 30.3 Å². The summed E-state index contributed by atoms with van der Waals surface area (Å²) in [5.41, 5.74) is 0.587. The minimum atomic E-state index is -4.43. The molecule has 3 nitrogen and oxygen atoms in total. The second-order valence-electron chi connectivity index (χ2n) is 4.49. The lowest BCUT2D eigenvalue weighted by Crippen LogP contribution is -2.16. The van der Waals surface area contributed by atoms with Crippen molar-refractivity contribution in [2.24, 2.45) is 0 Å². The van der Waals surface area contributed by atoms with Gasteiger partial charge in [0.05, 0.1) is 24.5 Å². The van der Waals surface area contributed by atoms with Crippen LogP contribution in [-0.2, 0) is 10.9 Å². The molecule has 6 heteroatoms. The summed E-state index contributed by atoms with van der Waals surface area (Å²) >= 11 is 0. The van der Waals surface area contributed by atoms with Crippen molar-refractivity contribution in [1.82, 2.24) is 4.98 Å². The molecule has 1 aromatic heterocycles. The molecule has 0 saturated heterocycles. The fourth-order valence-corrected chi connectivity index (χ4v) is 1.92. The van der Waals surface area contributed by atoms with Gasteiger partial charge in [0.2, 0.25) is 0 Å². The molecule has 0 aliphatic carbocycles. The minimum Gasteiger partial charge on any atom is -0.382 e. The first-order chi connectivity index (χ1) is 10.0. The molecule has 1 aromatic carbocycles. The van der Waals surface area contributed by atoms with Crippen molar-refractivity contribution >= 4 is 5.69 Å². The van der Waals surface area contributed by atoms with Gasteiger partial charge in [0, 0.05) is 7.11 Å². The average Bonchev–Trinajstić information content (AvgIpc) is 2.47. The van der Waals surface area contributed by atoms with Crippen LogP contribution in [0.1, 0.15) is 17.3 Å². The Bertz CT molecular complexity index is 555. The molecule has 2 aromatic rings. The van der Waals surface area contributed by atoms with Gasteiger partial charge in [0.15, 0.2) is 0 Å². The number of methoxy groups -OCH3 is 1.